The number of rotatable bonds is 9. The van der Waals surface area contributed by atoms with Crippen LogP contribution >= 0.6 is 22.7 Å². The van der Waals surface area contributed by atoms with Crippen LogP contribution < -0.4 is 5.32 Å². The number of amides is 1. The van der Waals surface area contributed by atoms with Crippen LogP contribution in [-0.4, -0.2) is 43.2 Å². The minimum absolute atomic E-state index is 0.0629. The van der Waals surface area contributed by atoms with E-state index in [1.54, 1.807) is 23.5 Å². The minimum Gasteiger partial charge on any atom is -0.356 e. The Bertz CT molecular complexity index is 867. The molecule has 2 aromatic heterocycles. The van der Waals surface area contributed by atoms with E-state index in [0.717, 1.165) is 47.7 Å². The fourth-order valence-corrected chi connectivity index (χ4v) is 6.86. The third-order valence-electron chi connectivity index (χ3n) is 4.44. The predicted octanol–water partition coefficient (Wildman–Crippen LogP) is 2.98. The number of carbonyl (C=O) groups excluding carboxylic acids is 1. The van der Waals surface area contributed by atoms with Crippen LogP contribution in [0.4, 0.5) is 0 Å². The summed E-state index contributed by atoms with van der Waals surface area (Å²) in [5.74, 6) is -0.0629. The summed E-state index contributed by atoms with van der Waals surface area (Å²) in [7, 11) is -3.39. The number of thiazole rings is 1. The molecule has 0 radical (unpaired) electrons. The highest BCUT2D eigenvalue weighted by molar-refractivity contribution is 7.91. The summed E-state index contributed by atoms with van der Waals surface area (Å²) in [6.07, 6.45) is 4.90. The molecule has 3 rings (SSSR count). The summed E-state index contributed by atoms with van der Waals surface area (Å²) in [4.78, 5) is 17.3. The van der Waals surface area contributed by atoms with Gasteiger partial charge in [-0.3, -0.25) is 4.79 Å². The lowest BCUT2D eigenvalue weighted by atomic mass is 10.2. The quantitative estimate of drug-likeness (QED) is 0.624. The van der Waals surface area contributed by atoms with Gasteiger partial charge in [-0.05, 0) is 51.2 Å². The number of unbranched alkanes of at least 4 members (excludes halogenated alkanes) is 1. The van der Waals surface area contributed by atoms with Crippen molar-refractivity contribution in [3.05, 3.63) is 33.1 Å². The van der Waals surface area contributed by atoms with Gasteiger partial charge in [0.15, 0.2) is 0 Å². The SMILES string of the molecule is Cc1csc(CCCCNC(=O)Cc2ccc(S(=O)(=O)N3CCCC3)s2)n1. The Morgan fingerprint density at radius 3 is 2.74 bits per heavy atom. The fourth-order valence-electron chi connectivity index (χ4n) is 3.01. The molecule has 0 saturated carbocycles. The zero-order chi connectivity index (χ0) is 19.3. The Hall–Kier alpha value is -1.29. The van der Waals surface area contributed by atoms with Gasteiger partial charge in [0.1, 0.15) is 4.21 Å². The second-order valence-corrected chi connectivity index (χ2v) is 11.0. The molecule has 1 saturated heterocycles. The first-order valence-electron chi connectivity index (χ1n) is 9.22. The molecular weight excluding hydrogens is 402 g/mol. The first-order chi connectivity index (χ1) is 12.9. The third kappa shape index (κ3) is 5.60. The van der Waals surface area contributed by atoms with E-state index in [9.17, 15) is 13.2 Å². The van der Waals surface area contributed by atoms with E-state index in [4.69, 9.17) is 0 Å². The number of carbonyl (C=O) groups is 1. The van der Waals surface area contributed by atoms with E-state index >= 15 is 0 Å². The van der Waals surface area contributed by atoms with E-state index in [2.05, 4.69) is 15.7 Å². The molecule has 0 spiro atoms. The van der Waals surface area contributed by atoms with Crippen molar-refractivity contribution in [2.45, 2.75) is 49.7 Å². The van der Waals surface area contributed by atoms with Gasteiger partial charge in [-0.1, -0.05) is 0 Å². The lowest BCUT2D eigenvalue weighted by molar-refractivity contribution is -0.120. The van der Waals surface area contributed by atoms with E-state index in [1.165, 1.54) is 15.6 Å². The molecule has 6 nitrogen and oxygen atoms in total. The summed E-state index contributed by atoms with van der Waals surface area (Å²) >= 11 is 2.88. The van der Waals surface area contributed by atoms with E-state index < -0.39 is 10.0 Å². The first-order valence-corrected chi connectivity index (χ1v) is 12.4. The van der Waals surface area contributed by atoms with Crippen LogP contribution in [0.15, 0.2) is 21.7 Å². The Kier molecular flexibility index (Phi) is 7.02. The molecule has 0 aromatic carbocycles. The Balaban J connectivity index is 1.40. The monoisotopic (exact) mass is 427 g/mol. The zero-order valence-electron chi connectivity index (χ0n) is 15.4. The maximum absolute atomic E-state index is 12.5. The molecule has 0 unspecified atom stereocenters. The number of hydrogen-bond acceptors (Lipinski definition) is 6. The number of aryl methyl sites for hydroxylation is 2. The molecule has 27 heavy (non-hydrogen) atoms. The van der Waals surface area contributed by atoms with Crippen molar-refractivity contribution in [1.29, 1.82) is 0 Å². The zero-order valence-corrected chi connectivity index (χ0v) is 17.9. The van der Waals surface area contributed by atoms with Crippen molar-refractivity contribution in [2.75, 3.05) is 19.6 Å². The molecule has 148 valence electrons. The highest BCUT2D eigenvalue weighted by Gasteiger charge is 2.28. The summed E-state index contributed by atoms with van der Waals surface area (Å²) in [6, 6.07) is 3.37. The first kappa shape index (κ1) is 20.4. The molecule has 1 fully saturated rings. The van der Waals surface area contributed by atoms with Crippen LogP contribution in [0.5, 0.6) is 0 Å². The van der Waals surface area contributed by atoms with Crippen molar-refractivity contribution in [3.8, 4) is 0 Å². The molecular formula is C18H25N3O3S3. The lowest BCUT2D eigenvalue weighted by Crippen LogP contribution is -2.27. The van der Waals surface area contributed by atoms with Crippen molar-refractivity contribution in [3.63, 3.8) is 0 Å². The molecule has 0 atom stereocenters. The van der Waals surface area contributed by atoms with Gasteiger partial charge < -0.3 is 5.32 Å². The number of nitrogens with zero attached hydrogens (tertiary/aromatic N) is 2. The topological polar surface area (TPSA) is 79.4 Å². The van der Waals surface area contributed by atoms with Crippen molar-refractivity contribution in [1.82, 2.24) is 14.6 Å². The summed E-state index contributed by atoms with van der Waals surface area (Å²) in [5.41, 5.74) is 1.06. The molecule has 1 aliphatic heterocycles. The molecule has 0 aliphatic carbocycles. The highest BCUT2D eigenvalue weighted by atomic mass is 32.2. The smallest absolute Gasteiger partial charge is 0.252 e. The number of nitrogens with one attached hydrogen (secondary N) is 1. The number of aromatic nitrogens is 1. The summed E-state index contributed by atoms with van der Waals surface area (Å²) in [5, 5.41) is 6.11. The van der Waals surface area contributed by atoms with Crippen molar-refractivity contribution < 1.29 is 13.2 Å². The van der Waals surface area contributed by atoms with Gasteiger partial charge in [-0.25, -0.2) is 13.4 Å². The van der Waals surface area contributed by atoms with Crippen LogP contribution in [0.2, 0.25) is 0 Å². The molecule has 0 bridgehead atoms. The van der Waals surface area contributed by atoms with Gasteiger partial charge in [0.25, 0.3) is 10.0 Å². The molecule has 1 amide bonds. The Labute approximate surface area is 168 Å². The molecule has 9 heteroatoms. The lowest BCUT2D eigenvalue weighted by Gasteiger charge is -2.13. The standard InChI is InChI=1S/C18H25N3O3S3/c1-14-13-25-17(20-14)6-2-3-9-19-16(22)12-15-7-8-18(26-15)27(23,24)21-10-4-5-11-21/h7-8,13H,2-6,9-12H2,1H3,(H,19,22). The number of sulfonamides is 1. The number of hydrogen-bond donors (Lipinski definition) is 1. The Morgan fingerprint density at radius 2 is 2.04 bits per heavy atom. The third-order valence-corrected chi connectivity index (χ3v) is 8.91. The van der Waals surface area contributed by atoms with Gasteiger partial charge >= 0.3 is 0 Å². The highest BCUT2D eigenvalue weighted by Crippen LogP contribution is 2.27. The minimum atomic E-state index is -3.39. The largest absolute Gasteiger partial charge is 0.356 e. The molecule has 1 N–H and O–H groups in total. The van der Waals surface area contributed by atoms with Crippen molar-refractivity contribution in [2.24, 2.45) is 0 Å². The molecule has 1 aliphatic rings. The van der Waals surface area contributed by atoms with E-state index in [0.29, 0.717) is 23.8 Å². The van der Waals surface area contributed by atoms with Crippen LogP contribution in [0.1, 0.15) is 41.3 Å². The van der Waals surface area contributed by atoms with Gasteiger partial charge in [0, 0.05) is 35.6 Å². The average molecular weight is 428 g/mol. The van der Waals surface area contributed by atoms with Gasteiger partial charge in [0.2, 0.25) is 5.91 Å². The fraction of sp³-hybridized carbons (Fsp3) is 0.556. The van der Waals surface area contributed by atoms with Gasteiger partial charge in [0.05, 0.1) is 11.4 Å². The van der Waals surface area contributed by atoms with E-state index in [-0.39, 0.29) is 12.3 Å². The maximum atomic E-state index is 12.5. The maximum Gasteiger partial charge on any atom is 0.252 e. The molecule has 2 aromatic rings. The van der Waals surface area contributed by atoms with Crippen LogP contribution in [0.3, 0.4) is 0 Å². The summed E-state index contributed by atoms with van der Waals surface area (Å²) < 4.78 is 26.9. The van der Waals surface area contributed by atoms with Gasteiger partial charge in [-0.2, -0.15) is 4.31 Å². The predicted molar refractivity (Wildman–Crippen MR) is 109 cm³/mol. The summed E-state index contributed by atoms with van der Waals surface area (Å²) in [6.45, 7) is 3.81. The van der Waals surface area contributed by atoms with Gasteiger partial charge in [-0.15, -0.1) is 22.7 Å². The number of thiophene rings is 1. The van der Waals surface area contributed by atoms with Crippen LogP contribution in [-0.2, 0) is 27.7 Å². The second kappa shape index (κ2) is 9.27. The second-order valence-electron chi connectivity index (χ2n) is 6.70. The van der Waals surface area contributed by atoms with Crippen LogP contribution in [0.25, 0.3) is 0 Å². The normalized spacial score (nSPS) is 15.3. The van der Waals surface area contributed by atoms with E-state index in [1.807, 2.05) is 6.92 Å². The average Bonchev–Trinajstić information content (AvgIpc) is 3.36. The Morgan fingerprint density at radius 1 is 1.26 bits per heavy atom. The van der Waals surface area contributed by atoms with Crippen LogP contribution in [0, 0.1) is 6.92 Å². The molecule has 3 heterocycles. The van der Waals surface area contributed by atoms with Crippen molar-refractivity contribution >= 4 is 38.6 Å².